The first-order chi connectivity index (χ1) is 19.0. The molecule has 2 unspecified atom stereocenters. The lowest BCUT2D eigenvalue weighted by Crippen LogP contribution is -2.28. The molecule has 3 aromatic carbocycles. The van der Waals surface area contributed by atoms with Crippen LogP contribution in [0.4, 0.5) is 25.8 Å². The summed E-state index contributed by atoms with van der Waals surface area (Å²) in [6, 6.07) is 10.3. The normalized spacial score (nSPS) is 17.5. The Balaban J connectivity index is 1.49. The van der Waals surface area contributed by atoms with Crippen molar-refractivity contribution >= 4 is 128 Å². The van der Waals surface area contributed by atoms with Crippen molar-refractivity contribution in [3.63, 3.8) is 0 Å². The molecule has 2 atom stereocenters. The van der Waals surface area contributed by atoms with Crippen molar-refractivity contribution < 1.29 is 23.2 Å². The second-order valence-electron chi connectivity index (χ2n) is 8.71. The largest absolute Gasteiger partial charge is 0.326 e. The quantitative estimate of drug-likeness (QED) is 0.222. The maximum Gasteiger partial charge on any atom is 0.276 e. The monoisotopic (exact) mass is 721 g/mol. The minimum absolute atomic E-state index is 0.0304. The van der Waals surface area contributed by atoms with E-state index in [1.54, 1.807) is 18.2 Å². The first-order valence-corrected chi connectivity index (χ1v) is 14.1. The Morgan fingerprint density at radius 2 is 1.37 bits per heavy atom. The number of hydrogen-bond acceptors (Lipinski definition) is 3. The SMILES string of the molecule is O=C(Nc1cc(F)c(NC(=O)C(Cl)(Cl)Cl)c(F)c1)c1cc(NC(=O)C2C(c3ccc(Cl)c(Cl)c3)C2(Cl)Cl)ccc1Cl. The number of anilines is 3. The van der Waals surface area contributed by atoms with Crippen LogP contribution in [0.2, 0.25) is 15.1 Å². The Hall–Kier alpha value is -1.75. The zero-order valence-corrected chi connectivity index (χ0v) is 25.8. The summed E-state index contributed by atoms with van der Waals surface area (Å²) in [5.74, 6) is -6.67. The lowest BCUT2D eigenvalue weighted by molar-refractivity contribution is -0.117. The highest BCUT2D eigenvalue weighted by Crippen LogP contribution is 2.65. The third-order valence-corrected chi connectivity index (χ3v) is 8.44. The molecule has 3 N–H and O–H groups in total. The molecule has 0 aromatic heterocycles. The third kappa shape index (κ3) is 7.08. The molecule has 4 rings (SSSR count). The predicted octanol–water partition coefficient (Wildman–Crippen LogP) is 9.01. The predicted molar refractivity (Wildman–Crippen MR) is 160 cm³/mol. The zero-order valence-electron chi connectivity index (χ0n) is 19.8. The highest BCUT2D eigenvalue weighted by molar-refractivity contribution is 6.76. The van der Waals surface area contributed by atoms with Gasteiger partial charge in [0.15, 0.2) is 11.6 Å². The van der Waals surface area contributed by atoms with Crippen LogP contribution in [0.5, 0.6) is 0 Å². The lowest BCUT2D eigenvalue weighted by atomic mass is 10.1. The molecular formula is C25H13Cl8F2N3O3. The van der Waals surface area contributed by atoms with Crippen LogP contribution in [0.1, 0.15) is 21.8 Å². The van der Waals surface area contributed by atoms with Crippen molar-refractivity contribution in [2.75, 3.05) is 16.0 Å². The van der Waals surface area contributed by atoms with Gasteiger partial charge in [0.2, 0.25) is 5.91 Å². The molecule has 3 amide bonds. The first kappa shape index (κ1) is 32.2. The van der Waals surface area contributed by atoms with Crippen LogP contribution in [-0.4, -0.2) is 25.8 Å². The molecule has 0 saturated heterocycles. The van der Waals surface area contributed by atoms with Crippen LogP contribution in [0, 0.1) is 17.6 Å². The summed E-state index contributed by atoms with van der Waals surface area (Å²) in [5, 5.41) is 7.30. The van der Waals surface area contributed by atoms with Crippen LogP contribution in [0.3, 0.4) is 0 Å². The maximum atomic E-state index is 14.5. The van der Waals surface area contributed by atoms with Gasteiger partial charge in [-0.2, -0.15) is 0 Å². The number of amides is 3. The fraction of sp³-hybridized carbons (Fsp3) is 0.160. The topological polar surface area (TPSA) is 87.3 Å². The molecule has 3 aromatic rings. The van der Waals surface area contributed by atoms with E-state index in [0.717, 1.165) is 12.1 Å². The van der Waals surface area contributed by atoms with Gasteiger partial charge in [-0.25, -0.2) is 8.78 Å². The van der Waals surface area contributed by atoms with Gasteiger partial charge in [0.25, 0.3) is 15.6 Å². The molecule has 16 heteroatoms. The van der Waals surface area contributed by atoms with Gasteiger partial charge >= 0.3 is 0 Å². The third-order valence-electron chi connectivity index (χ3n) is 5.91. The summed E-state index contributed by atoms with van der Waals surface area (Å²) in [6.45, 7) is 0. The molecule has 0 radical (unpaired) electrons. The van der Waals surface area contributed by atoms with Gasteiger partial charge in [-0.1, -0.05) is 75.7 Å². The second kappa shape index (κ2) is 12.1. The van der Waals surface area contributed by atoms with E-state index in [0.29, 0.717) is 10.6 Å². The molecule has 1 fully saturated rings. The van der Waals surface area contributed by atoms with E-state index in [-0.39, 0.29) is 27.0 Å². The number of benzene rings is 3. The van der Waals surface area contributed by atoms with Gasteiger partial charge in [-0.05, 0) is 48.0 Å². The number of hydrogen-bond donors (Lipinski definition) is 3. The molecule has 0 bridgehead atoms. The van der Waals surface area contributed by atoms with E-state index in [1.165, 1.54) is 18.2 Å². The van der Waals surface area contributed by atoms with E-state index in [2.05, 4.69) is 10.6 Å². The highest BCUT2D eigenvalue weighted by atomic mass is 35.6. The van der Waals surface area contributed by atoms with Crippen LogP contribution in [0.25, 0.3) is 0 Å². The van der Waals surface area contributed by atoms with Gasteiger partial charge in [-0.3, -0.25) is 14.4 Å². The smallest absolute Gasteiger partial charge is 0.276 e. The molecule has 1 saturated carbocycles. The molecular weight excluding hydrogens is 712 g/mol. The van der Waals surface area contributed by atoms with Gasteiger partial charge in [0, 0.05) is 17.3 Å². The van der Waals surface area contributed by atoms with E-state index >= 15 is 0 Å². The zero-order chi connectivity index (χ0) is 30.4. The lowest BCUT2D eigenvalue weighted by Gasteiger charge is -2.14. The van der Waals surface area contributed by atoms with Gasteiger partial charge in [-0.15, -0.1) is 23.2 Å². The van der Waals surface area contributed by atoms with E-state index < -0.39 is 55.0 Å². The molecule has 1 aliphatic carbocycles. The van der Waals surface area contributed by atoms with Gasteiger partial charge in [0.1, 0.15) is 10.0 Å². The number of alkyl halides is 5. The van der Waals surface area contributed by atoms with Crippen molar-refractivity contribution in [1.29, 1.82) is 0 Å². The number of rotatable bonds is 6. The van der Waals surface area contributed by atoms with Crippen molar-refractivity contribution in [2.45, 2.75) is 14.0 Å². The Morgan fingerprint density at radius 1 is 0.756 bits per heavy atom. The Morgan fingerprint density at radius 3 is 1.95 bits per heavy atom. The van der Waals surface area contributed by atoms with E-state index in [1.807, 2.05) is 5.32 Å². The number of halogens is 10. The Kier molecular flexibility index (Phi) is 9.49. The molecule has 0 heterocycles. The number of carbonyl (C=O) groups excluding carboxylic acids is 3. The molecule has 216 valence electrons. The first-order valence-electron chi connectivity index (χ1n) is 11.1. The molecule has 0 spiro atoms. The van der Waals surface area contributed by atoms with E-state index in [4.69, 9.17) is 92.8 Å². The van der Waals surface area contributed by atoms with Crippen LogP contribution < -0.4 is 16.0 Å². The highest BCUT2D eigenvalue weighted by Gasteiger charge is 2.67. The fourth-order valence-corrected chi connectivity index (χ4v) is 5.40. The molecule has 0 aliphatic heterocycles. The number of nitrogens with one attached hydrogen (secondary N) is 3. The molecule has 41 heavy (non-hydrogen) atoms. The minimum atomic E-state index is -2.47. The molecule has 1 aliphatic rings. The molecule has 6 nitrogen and oxygen atoms in total. The van der Waals surface area contributed by atoms with Crippen molar-refractivity contribution in [3.8, 4) is 0 Å². The number of carbonyl (C=O) groups is 3. The van der Waals surface area contributed by atoms with E-state index in [9.17, 15) is 23.2 Å². The van der Waals surface area contributed by atoms with Crippen LogP contribution >= 0.6 is 92.8 Å². The van der Waals surface area contributed by atoms with Crippen LogP contribution in [0.15, 0.2) is 48.5 Å². The van der Waals surface area contributed by atoms with Crippen LogP contribution in [-0.2, 0) is 9.59 Å². The summed E-state index contributed by atoms with van der Waals surface area (Å²) in [6.07, 6.45) is 0. The second-order valence-corrected chi connectivity index (χ2v) is 13.7. The van der Waals surface area contributed by atoms with Gasteiger partial charge in [0.05, 0.1) is 26.5 Å². The standard InChI is InChI=1S/C25H13Cl8F2N3O3/c26-13-4-2-10(36-22(40)19-18(24(19,29)30)9-1-3-14(27)15(28)5-9)6-12(13)21(39)37-11-7-16(34)20(17(35)8-11)38-23(41)25(31,32)33/h1-8,18-19H,(H,36,40)(H,37,39)(H,38,41). The summed E-state index contributed by atoms with van der Waals surface area (Å²) in [7, 11) is 0. The summed E-state index contributed by atoms with van der Waals surface area (Å²) < 4.78 is 25.1. The van der Waals surface area contributed by atoms with Gasteiger partial charge < -0.3 is 16.0 Å². The Labute approximate surface area is 271 Å². The summed E-state index contributed by atoms with van der Waals surface area (Å²) >= 11 is 47.2. The average molecular weight is 725 g/mol. The fourth-order valence-electron chi connectivity index (χ4n) is 3.92. The maximum absolute atomic E-state index is 14.5. The minimum Gasteiger partial charge on any atom is -0.326 e. The van der Waals surface area contributed by atoms with Crippen molar-refractivity contribution in [3.05, 3.63) is 86.4 Å². The summed E-state index contributed by atoms with van der Waals surface area (Å²) in [5.41, 5.74) is -0.581. The van der Waals surface area contributed by atoms with Crippen molar-refractivity contribution in [1.82, 2.24) is 0 Å². The Bertz CT molecular complexity index is 1560. The average Bonchev–Trinajstić information content (AvgIpc) is 3.45. The van der Waals surface area contributed by atoms with Crippen molar-refractivity contribution in [2.24, 2.45) is 5.92 Å². The summed E-state index contributed by atoms with van der Waals surface area (Å²) in [4.78, 5) is 37.7.